The minimum absolute atomic E-state index is 0.0928. The summed E-state index contributed by atoms with van der Waals surface area (Å²) < 4.78 is 7.91. The summed E-state index contributed by atoms with van der Waals surface area (Å²) in [6.45, 7) is 1.90. The molecule has 1 aromatic carbocycles. The number of halogens is 1. The number of carbonyl (C=O) groups is 1. The van der Waals surface area contributed by atoms with Gasteiger partial charge in [0.05, 0.1) is 6.10 Å². The Kier molecular flexibility index (Phi) is 6.83. The molecule has 9 heteroatoms. The Bertz CT molecular complexity index is 1030. The molecule has 1 aliphatic heterocycles. The van der Waals surface area contributed by atoms with E-state index >= 15 is 0 Å². The van der Waals surface area contributed by atoms with Gasteiger partial charge in [0.15, 0.2) is 0 Å². The van der Waals surface area contributed by atoms with E-state index < -0.39 is 29.7 Å². The summed E-state index contributed by atoms with van der Waals surface area (Å²) >= 11 is 3.41. The Labute approximate surface area is 175 Å². The number of ether oxygens (including phenoxy) is 1. The number of hydrogen-bond donors (Lipinski definition) is 3. The molecule has 1 fully saturated rings. The first-order valence-corrected chi connectivity index (χ1v) is 10.1. The first-order valence-electron chi connectivity index (χ1n) is 9.27. The van der Waals surface area contributed by atoms with Crippen LogP contribution in [0.2, 0.25) is 0 Å². The Morgan fingerprint density at radius 2 is 2.17 bits per heavy atom. The van der Waals surface area contributed by atoms with E-state index in [-0.39, 0.29) is 18.9 Å². The van der Waals surface area contributed by atoms with Gasteiger partial charge in [0, 0.05) is 35.3 Å². The predicted octanol–water partition coefficient (Wildman–Crippen LogP) is 1.34. The zero-order valence-corrected chi connectivity index (χ0v) is 17.4. The summed E-state index contributed by atoms with van der Waals surface area (Å²) in [6, 6.07) is 7.50. The Morgan fingerprint density at radius 1 is 1.41 bits per heavy atom. The first kappa shape index (κ1) is 21.2. The average molecular weight is 464 g/mol. The summed E-state index contributed by atoms with van der Waals surface area (Å²) in [5.74, 6) is -0.325. The Balaban J connectivity index is 1.61. The molecule has 3 atom stereocenters. The number of nitrogens with one attached hydrogen (secondary N) is 2. The molecule has 29 heavy (non-hydrogen) atoms. The van der Waals surface area contributed by atoms with Gasteiger partial charge in [-0.05, 0) is 24.1 Å². The highest BCUT2D eigenvalue weighted by Gasteiger charge is 2.35. The van der Waals surface area contributed by atoms with Crippen molar-refractivity contribution in [1.29, 1.82) is 0 Å². The van der Waals surface area contributed by atoms with Gasteiger partial charge in [0.1, 0.15) is 12.3 Å². The molecule has 1 amide bonds. The fraction of sp³-hybridized carbons (Fsp3) is 0.350. The number of nitrogens with zero attached hydrogens (tertiary/aromatic N) is 1. The number of rotatable bonds is 6. The standard InChI is InChI=1S/C20H22BrN3O5/c1-2-12-11-24(20(28)23-19(12)27)18-9-15(25)16(29-18)10-22-17(26)8-7-13-5-3-4-6-14(13)21/h3-8,11,15-16,18,25H,2,9-10H2,1H3,(H,22,26)(H,23,27,28)/b8-7+/t15-,16+,18+/m0/s1. The molecule has 2 heterocycles. The largest absolute Gasteiger partial charge is 0.390 e. The van der Waals surface area contributed by atoms with E-state index in [0.717, 1.165) is 10.0 Å². The summed E-state index contributed by atoms with van der Waals surface area (Å²) in [5, 5.41) is 13.0. The smallest absolute Gasteiger partial charge is 0.330 e. The lowest BCUT2D eigenvalue weighted by Gasteiger charge is -2.16. The van der Waals surface area contributed by atoms with Crippen molar-refractivity contribution in [2.45, 2.75) is 38.2 Å². The molecule has 2 aromatic rings. The minimum Gasteiger partial charge on any atom is -0.390 e. The SMILES string of the molecule is CCc1cn([C@H]2C[C@H](O)[C@@H](CNC(=O)/C=C/c3ccccc3Br)O2)c(=O)[nH]c1=O. The van der Waals surface area contributed by atoms with Crippen LogP contribution in [0.15, 0.2) is 50.6 Å². The van der Waals surface area contributed by atoms with Crippen LogP contribution >= 0.6 is 15.9 Å². The number of carbonyl (C=O) groups excluding carboxylic acids is 1. The van der Waals surface area contributed by atoms with Crippen molar-refractivity contribution in [2.75, 3.05) is 6.54 Å². The summed E-state index contributed by atoms with van der Waals surface area (Å²) in [4.78, 5) is 38.1. The highest BCUT2D eigenvalue weighted by Crippen LogP contribution is 2.27. The first-order chi connectivity index (χ1) is 13.9. The van der Waals surface area contributed by atoms with Crippen LogP contribution in [0.1, 0.15) is 30.7 Å². The van der Waals surface area contributed by atoms with Gasteiger partial charge in [0.25, 0.3) is 5.56 Å². The molecule has 0 spiro atoms. The fourth-order valence-electron chi connectivity index (χ4n) is 3.10. The number of H-pyrrole nitrogens is 1. The number of aliphatic hydroxyl groups is 1. The van der Waals surface area contributed by atoms with Crippen molar-refractivity contribution < 1.29 is 14.6 Å². The fourth-order valence-corrected chi connectivity index (χ4v) is 3.52. The third-order valence-corrected chi connectivity index (χ3v) is 5.46. The van der Waals surface area contributed by atoms with E-state index in [2.05, 4.69) is 26.2 Å². The van der Waals surface area contributed by atoms with Gasteiger partial charge in [-0.1, -0.05) is 41.1 Å². The second kappa shape index (κ2) is 9.34. The van der Waals surface area contributed by atoms with E-state index in [9.17, 15) is 19.5 Å². The molecule has 0 bridgehead atoms. The average Bonchev–Trinajstić information content (AvgIpc) is 3.06. The summed E-state index contributed by atoms with van der Waals surface area (Å²) in [5.41, 5.74) is 0.305. The summed E-state index contributed by atoms with van der Waals surface area (Å²) in [6.07, 6.45) is 2.97. The third kappa shape index (κ3) is 5.11. The number of hydrogen-bond acceptors (Lipinski definition) is 5. The molecule has 1 saturated heterocycles. The normalized spacial score (nSPS) is 21.6. The van der Waals surface area contributed by atoms with Crippen molar-refractivity contribution in [3.63, 3.8) is 0 Å². The monoisotopic (exact) mass is 463 g/mol. The number of aliphatic hydroxyl groups excluding tert-OH is 1. The van der Waals surface area contributed by atoms with Gasteiger partial charge < -0.3 is 15.2 Å². The maximum atomic E-state index is 12.1. The molecule has 1 aromatic heterocycles. The second-order valence-electron chi connectivity index (χ2n) is 6.71. The summed E-state index contributed by atoms with van der Waals surface area (Å²) in [7, 11) is 0. The van der Waals surface area contributed by atoms with Gasteiger partial charge in [0.2, 0.25) is 5.91 Å². The second-order valence-corrected chi connectivity index (χ2v) is 7.56. The quantitative estimate of drug-likeness (QED) is 0.559. The Hall–Kier alpha value is -2.49. The predicted molar refractivity (Wildman–Crippen MR) is 111 cm³/mol. The van der Waals surface area contributed by atoms with E-state index in [4.69, 9.17) is 4.74 Å². The van der Waals surface area contributed by atoms with E-state index in [1.165, 1.54) is 16.8 Å². The molecule has 1 aliphatic rings. The molecule has 0 saturated carbocycles. The topological polar surface area (TPSA) is 113 Å². The maximum Gasteiger partial charge on any atom is 0.330 e. The highest BCUT2D eigenvalue weighted by molar-refractivity contribution is 9.10. The minimum atomic E-state index is -0.851. The Morgan fingerprint density at radius 3 is 2.90 bits per heavy atom. The lowest BCUT2D eigenvalue weighted by atomic mass is 10.1. The zero-order chi connectivity index (χ0) is 21.0. The van der Waals surface area contributed by atoms with Crippen molar-refractivity contribution >= 4 is 27.9 Å². The van der Waals surface area contributed by atoms with Crippen molar-refractivity contribution in [1.82, 2.24) is 14.9 Å². The molecule has 0 radical (unpaired) electrons. The maximum absolute atomic E-state index is 12.1. The molecule has 3 rings (SSSR count). The van der Waals surface area contributed by atoms with Crippen LogP contribution in [0.25, 0.3) is 6.08 Å². The lowest BCUT2D eigenvalue weighted by Crippen LogP contribution is -2.37. The van der Waals surface area contributed by atoms with Gasteiger partial charge in [-0.2, -0.15) is 0 Å². The van der Waals surface area contributed by atoms with Crippen LogP contribution in [0.5, 0.6) is 0 Å². The van der Waals surface area contributed by atoms with E-state index in [1.807, 2.05) is 31.2 Å². The third-order valence-electron chi connectivity index (χ3n) is 4.73. The van der Waals surface area contributed by atoms with Crippen LogP contribution in [0.4, 0.5) is 0 Å². The van der Waals surface area contributed by atoms with Crippen LogP contribution < -0.4 is 16.6 Å². The number of aryl methyl sites for hydroxylation is 1. The van der Waals surface area contributed by atoms with Gasteiger partial charge >= 0.3 is 5.69 Å². The molecular formula is C20H22BrN3O5. The molecule has 0 aliphatic carbocycles. The number of aromatic amines is 1. The number of aromatic nitrogens is 2. The number of amides is 1. The van der Waals surface area contributed by atoms with Crippen LogP contribution in [-0.2, 0) is 16.0 Å². The van der Waals surface area contributed by atoms with E-state index in [0.29, 0.717) is 12.0 Å². The van der Waals surface area contributed by atoms with Crippen molar-refractivity contribution in [3.05, 3.63) is 73.0 Å². The van der Waals surface area contributed by atoms with Crippen LogP contribution in [0.3, 0.4) is 0 Å². The van der Waals surface area contributed by atoms with Crippen LogP contribution in [-0.4, -0.2) is 39.3 Å². The highest BCUT2D eigenvalue weighted by atomic mass is 79.9. The van der Waals surface area contributed by atoms with Gasteiger partial charge in [-0.3, -0.25) is 19.1 Å². The number of benzene rings is 1. The van der Waals surface area contributed by atoms with Gasteiger partial charge in [-0.25, -0.2) is 4.79 Å². The lowest BCUT2D eigenvalue weighted by molar-refractivity contribution is -0.117. The van der Waals surface area contributed by atoms with Gasteiger partial charge in [-0.15, -0.1) is 0 Å². The van der Waals surface area contributed by atoms with Crippen molar-refractivity contribution in [2.24, 2.45) is 0 Å². The molecular weight excluding hydrogens is 442 g/mol. The molecule has 8 nitrogen and oxygen atoms in total. The van der Waals surface area contributed by atoms with E-state index in [1.54, 1.807) is 6.08 Å². The molecule has 3 N–H and O–H groups in total. The zero-order valence-electron chi connectivity index (χ0n) is 15.8. The molecule has 154 valence electrons. The van der Waals surface area contributed by atoms with Crippen molar-refractivity contribution in [3.8, 4) is 0 Å². The van der Waals surface area contributed by atoms with Crippen LogP contribution in [0, 0.1) is 0 Å². The molecule has 0 unspecified atom stereocenters.